The molecule has 172 valence electrons. The summed E-state index contributed by atoms with van der Waals surface area (Å²) in [5.74, 6) is 0.212. The van der Waals surface area contributed by atoms with Gasteiger partial charge in [-0.2, -0.15) is 0 Å². The molecule has 8 heteroatoms. The molecule has 1 fully saturated rings. The Morgan fingerprint density at radius 2 is 1.82 bits per heavy atom. The molecule has 4 N–H and O–H groups in total. The fourth-order valence-corrected chi connectivity index (χ4v) is 3.78. The van der Waals surface area contributed by atoms with Crippen LogP contribution in [0.4, 0.5) is 11.6 Å². The molecule has 8 nitrogen and oxygen atoms in total. The standard InChI is InChI=1S/C25H30N6O2/c1-25(2,3)18-6-4-16(5-7-18)22(32)30-21-14-17(15-28-23(21)33)20-10-13-27-24(31-20)29-19-8-11-26-12-9-19/h4-7,10,13-15,19,26H,8-9,11-12H2,1-3H3,(H,28,33)(H,30,32)(H,27,29,31). The van der Waals surface area contributed by atoms with E-state index in [0.717, 1.165) is 31.5 Å². The number of piperidine rings is 1. The molecule has 3 aromatic rings. The first-order valence-corrected chi connectivity index (χ1v) is 11.2. The number of amides is 1. The molecule has 2 aromatic heterocycles. The van der Waals surface area contributed by atoms with E-state index >= 15 is 0 Å². The predicted octanol–water partition coefficient (Wildman–Crippen LogP) is 3.55. The van der Waals surface area contributed by atoms with Crippen LogP contribution in [0.5, 0.6) is 0 Å². The van der Waals surface area contributed by atoms with Gasteiger partial charge >= 0.3 is 0 Å². The Hall–Kier alpha value is -3.52. The molecular formula is C25H30N6O2. The van der Waals surface area contributed by atoms with E-state index in [-0.39, 0.29) is 22.6 Å². The molecule has 0 aliphatic carbocycles. The van der Waals surface area contributed by atoms with Crippen molar-refractivity contribution >= 4 is 17.5 Å². The number of anilines is 2. The molecule has 4 rings (SSSR count). The normalized spacial score (nSPS) is 14.6. The number of H-pyrrole nitrogens is 1. The van der Waals surface area contributed by atoms with Crippen molar-refractivity contribution in [3.8, 4) is 11.3 Å². The molecule has 1 saturated heterocycles. The number of nitrogens with one attached hydrogen (secondary N) is 4. The van der Waals surface area contributed by atoms with Crippen LogP contribution in [0, 0.1) is 0 Å². The van der Waals surface area contributed by atoms with Crippen LogP contribution in [-0.4, -0.2) is 40.0 Å². The monoisotopic (exact) mass is 446 g/mol. The Morgan fingerprint density at radius 3 is 2.52 bits per heavy atom. The van der Waals surface area contributed by atoms with Crippen LogP contribution in [0.15, 0.2) is 53.6 Å². The van der Waals surface area contributed by atoms with Crippen molar-refractivity contribution < 1.29 is 4.79 Å². The van der Waals surface area contributed by atoms with Gasteiger partial charge in [0.25, 0.3) is 11.5 Å². The molecule has 1 amide bonds. The van der Waals surface area contributed by atoms with E-state index < -0.39 is 0 Å². The van der Waals surface area contributed by atoms with Crippen LogP contribution in [0.3, 0.4) is 0 Å². The number of aromatic amines is 1. The molecular weight excluding hydrogens is 416 g/mol. The summed E-state index contributed by atoms with van der Waals surface area (Å²) < 4.78 is 0. The van der Waals surface area contributed by atoms with Crippen LogP contribution in [0.25, 0.3) is 11.3 Å². The van der Waals surface area contributed by atoms with Crippen molar-refractivity contribution in [1.29, 1.82) is 0 Å². The highest BCUT2D eigenvalue weighted by atomic mass is 16.2. The Balaban J connectivity index is 1.51. The highest BCUT2D eigenvalue weighted by Gasteiger charge is 2.16. The highest BCUT2D eigenvalue weighted by Crippen LogP contribution is 2.23. The molecule has 0 bridgehead atoms. The first kappa shape index (κ1) is 22.7. The second kappa shape index (κ2) is 9.54. The maximum Gasteiger partial charge on any atom is 0.271 e. The first-order valence-electron chi connectivity index (χ1n) is 11.2. The van der Waals surface area contributed by atoms with E-state index in [2.05, 4.69) is 51.7 Å². The second-order valence-corrected chi connectivity index (χ2v) is 9.35. The van der Waals surface area contributed by atoms with Gasteiger partial charge in [-0.3, -0.25) is 9.59 Å². The lowest BCUT2D eigenvalue weighted by Crippen LogP contribution is -2.35. The van der Waals surface area contributed by atoms with Gasteiger partial charge < -0.3 is 20.9 Å². The van der Waals surface area contributed by atoms with Gasteiger partial charge in [-0.05, 0) is 61.2 Å². The number of hydrogen-bond donors (Lipinski definition) is 4. The highest BCUT2D eigenvalue weighted by molar-refractivity contribution is 6.04. The van der Waals surface area contributed by atoms with Gasteiger partial charge in [-0.25, -0.2) is 9.97 Å². The molecule has 33 heavy (non-hydrogen) atoms. The average molecular weight is 447 g/mol. The Morgan fingerprint density at radius 1 is 1.09 bits per heavy atom. The maximum atomic E-state index is 12.7. The largest absolute Gasteiger partial charge is 0.351 e. The van der Waals surface area contributed by atoms with Crippen molar-refractivity contribution in [3.63, 3.8) is 0 Å². The molecule has 0 atom stereocenters. The summed E-state index contributed by atoms with van der Waals surface area (Å²) in [6, 6.07) is 11.2. The lowest BCUT2D eigenvalue weighted by Gasteiger charge is -2.23. The fourth-order valence-electron chi connectivity index (χ4n) is 3.78. The number of hydrogen-bond acceptors (Lipinski definition) is 6. The molecule has 0 radical (unpaired) electrons. The third kappa shape index (κ3) is 5.64. The number of nitrogens with zero attached hydrogens (tertiary/aromatic N) is 2. The summed E-state index contributed by atoms with van der Waals surface area (Å²) in [6.45, 7) is 8.30. The number of benzene rings is 1. The number of carbonyl (C=O) groups excluding carboxylic acids is 1. The van der Waals surface area contributed by atoms with Gasteiger partial charge in [-0.1, -0.05) is 32.9 Å². The quantitative estimate of drug-likeness (QED) is 0.477. The van der Waals surface area contributed by atoms with Crippen LogP contribution in [0.2, 0.25) is 0 Å². The predicted molar refractivity (Wildman–Crippen MR) is 131 cm³/mol. The second-order valence-electron chi connectivity index (χ2n) is 9.35. The summed E-state index contributed by atoms with van der Waals surface area (Å²) in [4.78, 5) is 36.7. The molecule has 1 aliphatic heterocycles. The summed E-state index contributed by atoms with van der Waals surface area (Å²) in [6.07, 6.45) is 5.30. The van der Waals surface area contributed by atoms with Gasteiger partial charge in [0, 0.05) is 29.6 Å². The van der Waals surface area contributed by atoms with Gasteiger partial charge in [0.1, 0.15) is 5.69 Å². The topological polar surface area (TPSA) is 112 Å². The van der Waals surface area contributed by atoms with E-state index in [4.69, 9.17) is 0 Å². The first-order chi connectivity index (χ1) is 15.8. The Labute approximate surface area is 193 Å². The van der Waals surface area contributed by atoms with Gasteiger partial charge in [0.05, 0.1) is 5.69 Å². The minimum absolute atomic E-state index is 0.000386. The van der Waals surface area contributed by atoms with Gasteiger partial charge in [-0.15, -0.1) is 0 Å². The van der Waals surface area contributed by atoms with Crippen LogP contribution in [0.1, 0.15) is 49.5 Å². The molecule has 0 saturated carbocycles. The zero-order valence-corrected chi connectivity index (χ0v) is 19.2. The lowest BCUT2D eigenvalue weighted by atomic mass is 9.87. The fraction of sp³-hybridized carbons (Fsp3) is 0.360. The van der Waals surface area contributed by atoms with E-state index in [0.29, 0.717) is 28.8 Å². The van der Waals surface area contributed by atoms with Crippen molar-refractivity contribution in [2.24, 2.45) is 0 Å². The zero-order chi connectivity index (χ0) is 23.4. The Kier molecular flexibility index (Phi) is 6.55. The summed E-state index contributed by atoms with van der Waals surface area (Å²) in [5.41, 5.74) is 2.76. The van der Waals surface area contributed by atoms with E-state index in [1.165, 1.54) is 0 Å². The number of pyridine rings is 1. The van der Waals surface area contributed by atoms with Crippen LogP contribution < -0.4 is 21.5 Å². The van der Waals surface area contributed by atoms with E-state index in [9.17, 15) is 9.59 Å². The van der Waals surface area contributed by atoms with Gasteiger partial charge in [0.15, 0.2) is 0 Å². The summed E-state index contributed by atoms with van der Waals surface area (Å²) >= 11 is 0. The van der Waals surface area contributed by atoms with Crippen molar-refractivity contribution in [1.82, 2.24) is 20.3 Å². The van der Waals surface area contributed by atoms with E-state index in [1.807, 2.05) is 12.1 Å². The van der Waals surface area contributed by atoms with Crippen molar-refractivity contribution in [2.75, 3.05) is 23.7 Å². The minimum Gasteiger partial charge on any atom is -0.351 e. The third-order valence-electron chi connectivity index (χ3n) is 5.79. The molecule has 0 spiro atoms. The zero-order valence-electron chi connectivity index (χ0n) is 19.2. The van der Waals surface area contributed by atoms with Gasteiger partial charge in [0.2, 0.25) is 5.95 Å². The molecule has 1 aromatic carbocycles. The van der Waals surface area contributed by atoms with Crippen molar-refractivity contribution in [3.05, 3.63) is 70.3 Å². The molecule has 1 aliphatic rings. The van der Waals surface area contributed by atoms with E-state index in [1.54, 1.807) is 36.7 Å². The van der Waals surface area contributed by atoms with Crippen LogP contribution in [-0.2, 0) is 5.41 Å². The third-order valence-corrected chi connectivity index (χ3v) is 5.79. The number of rotatable bonds is 5. The summed E-state index contributed by atoms with van der Waals surface area (Å²) in [5, 5.41) is 9.45. The molecule has 0 unspecified atom stereocenters. The van der Waals surface area contributed by atoms with Crippen LogP contribution >= 0.6 is 0 Å². The maximum absolute atomic E-state index is 12.7. The Bertz CT molecular complexity index is 1170. The molecule has 3 heterocycles. The lowest BCUT2D eigenvalue weighted by molar-refractivity contribution is 0.102. The van der Waals surface area contributed by atoms with Crippen molar-refractivity contribution in [2.45, 2.75) is 45.1 Å². The summed E-state index contributed by atoms with van der Waals surface area (Å²) in [7, 11) is 0. The number of aromatic nitrogens is 3. The minimum atomic E-state index is -0.375. The SMILES string of the molecule is CC(C)(C)c1ccc(C(=O)Nc2cc(-c3ccnc(NC4CCNCC4)n3)c[nH]c2=O)cc1. The smallest absolute Gasteiger partial charge is 0.271 e. The number of carbonyl (C=O) groups is 1. The average Bonchev–Trinajstić information content (AvgIpc) is 2.81.